The van der Waals surface area contributed by atoms with Crippen molar-refractivity contribution in [2.75, 3.05) is 5.32 Å². The number of ether oxygens (including phenoxy) is 1. The molecule has 0 aromatic heterocycles. The summed E-state index contributed by atoms with van der Waals surface area (Å²) in [5.41, 5.74) is 1.25. The fraction of sp³-hybridized carbons (Fsp3) is 0.176. The predicted molar refractivity (Wildman–Crippen MR) is 110 cm³/mol. The van der Waals surface area contributed by atoms with Gasteiger partial charge >= 0.3 is 11.9 Å². The fourth-order valence-corrected chi connectivity index (χ4v) is 4.09. The molecule has 3 N–H and O–H groups in total. The van der Waals surface area contributed by atoms with E-state index in [9.17, 15) is 14.7 Å². The minimum absolute atomic E-state index is 0.159. The maximum atomic E-state index is 11.3. The van der Waals surface area contributed by atoms with Gasteiger partial charge in [0.15, 0.2) is 5.75 Å². The molecule has 25 heavy (non-hydrogen) atoms. The van der Waals surface area contributed by atoms with E-state index in [0.717, 1.165) is 5.56 Å². The number of hydrogen-bond acceptors (Lipinski definition) is 4. The Balaban J connectivity index is 2.35. The first-order chi connectivity index (χ1) is 11.7. The summed E-state index contributed by atoms with van der Waals surface area (Å²) in [6.07, 6.45) is 0. The second-order valence-electron chi connectivity index (χ2n) is 5.51. The molecule has 0 aliphatic heterocycles. The monoisotopic (exact) mass is 567 g/mol. The standard InChI is InChI=1S/C17H15I2NO5/c1-8(2)11-7-10(21)3-4-14(11)25-15-12(18)5-9(6-13(15)19)20-16(22)17(23)24/h3-8,21H,1-2H3,(H,20,22)(H,23,24). The molecule has 132 valence electrons. The molecule has 2 aromatic carbocycles. The molecule has 8 heteroatoms. The van der Waals surface area contributed by atoms with Crippen molar-refractivity contribution >= 4 is 62.7 Å². The number of carbonyl (C=O) groups is 2. The Labute approximate surface area is 171 Å². The van der Waals surface area contributed by atoms with Gasteiger partial charge in [-0.1, -0.05) is 13.8 Å². The molecular formula is C17H15I2NO5. The molecule has 0 atom stereocenters. The third-order valence-corrected chi connectivity index (χ3v) is 4.88. The fourth-order valence-electron chi connectivity index (χ4n) is 2.10. The number of aliphatic carboxylic acids is 1. The second kappa shape index (κ2) is 8.21. The Morgan fingerprint density at radius 2 is 1.72 bits per heavy atom. The first-order valence-corrected chi connectivity index (χ1v) is 9.39. The summed E-state index contributed by atoms with van der Waals surface area (Å²) in [5, 5.41) is 20.7. The average Bonchev–Trinajstić information content (AvgIpc) is 2.51. The first kappa shape index (κ1) is 19.8. The van der Waals surface area contributed by atoms with Crippen molar-refractivity contribution in [3.05, 3.63) is 43.0 Å². The lowest BCUT2D eigenvalue weighted by Gasteiger charge is -2.17. The first-order valence-electron chi connectivity index (χ1n) is 7.23. The van der Waals surface area contributed by atoms with Crippen LogP contribution >= 0.6 is 45.2 Å². The zero-order valence-electron chi connectivity index (χ0n) is 13.3. The van der Waals surface area contributed by atoms with Crippen LogP contribution in [0.3, 0.4) is 0 Å². The third-order valence-electron chi connectivity index (χ3n) is 3.28. The van der Waals surface area contributed by atoms with Crippen LogP contribution in [-0.2, 0) is 9.59 Å². The minimum Gasteiger partial charge on any atom is -0.508 e. The zero-order valence-corrected chi connectivity index (χ0v) is 17.7. The summed E-state index contributed by atoms with van der Waals surface area (Å²) in [4.78, 5) is 21.9. The highest BCUT2D eigenvalue weighted by molar-refractivity contribution is 14.1. The highest BCUT2D eigenvalue weighted by Gasteiger charge is 2.17. The highest BCUT2D eigenvalue weighted by Crippen LogP contribution is 2.38. The predicted octanol–water partition coefficient (Wildman–Crippen LogP) is 4.54. The maximum absolute atomic E-state index is 11.3. The van der Waals surface area contributed by atoms with Gasteiger partial charge in [0.25, 0.3) is 0 Å². The van der Waals surface area contributed by atoms with Gasteiger partial charge in [-0.25, -0.2) is 4.79 Å². The average molecular weight is 567 g/mol. The Morgan fingerprint density at radius 3 is 2.24 bits per heavy atom. The van der Waals surface area contributed by atoms with E-state index in [-0.39, 0.29) is 11.7 Å². The number of anilines is 1. The topological polar surface area (TPSA) is 95.9 Å². The number of carbonyl (C=O) groups excluding carboxylic acids is 1. The number of carboxylic acids is 1. The summed E-state index contributed by atoms with van der Waals surface area (Å²) < 4.78 is 7.47. The molecule has 1 amide bonds. The zero-order chi connectivity index (χ0) is 18.7. The van der Waals surface area contributed by atoms with Gasteiger partial charge in [-0.2, -0.15) is 0 Å². The molecule has 0 aliphatic rings. The Bertz CT molecular complexity index is 813. The summed E-state index contributed by atoms with van der Waals surface area (Å²) in [6, 6.07) is 8.20. The van der Waals surface area contributed by atoms with Gasteiger partial charge in [0.2, 0.25) is 0 Å². The van der Waals surface area contributed by atoms with E-state index in [0.29, 0.717) is 24.3 Å². The maximum Gasteiger partial charge on any atom is 0.394 e. The molecule has 0 fully saturated rings. The van der Waals surface area contributed by atoms with E-state index in [1.165, 1.54) is 0 Å². The molecule has 0 spiro atoms. The van der Waals surface area contributed by atoms with Crippen LogP contribution in [0.15, 0.2) is 30.3 Å². The number of benzene rings is 2. The number of carboxylic acid groups (broad SMARTS) is 1. The normalized spacial score (nSPS) is 10.6. The molecule has 0 heterocycles. The molecule has 2 rings (SSSR count). The van der Waals surface area contributed by atoms with Crippen molar-refractivity contribution < 1.29 is 24.5 Å². The van der Waals surface area contributed by atoms with E-state index in [2.05, 4.69) is 50.5 Å². The molecule has 0 unspecified atom stereocenters. The molecule has 0 bridgehead atoms. The Hall–Kier alpha value is -1.56. The van der Waals surface area contributed by atoms with Gasteiger partial charge in [0.05, 0.1) is 7.14 Å². The molecule has 2 aromatic rings. The largest absolute Gasteiger partial charge is 0.508 e. The van der Waals surface area contributed by atoms with E-state index < -0.39 is 11.9 Å². The number of hydrogen-bond donors (Lipinski definition) is 3. The lowest BCUT2D eigenvalue weighted by molar-refractivity contribution is -0.147. The number of rotatable bonds is 4. The number of aromatic hydroxyl groups is 1. The van der Waals surface area contributed by atoms with E-state index in [1.54, 1.807) is 30.3 Å². The molecule has 0 saturated carbocycles. The number of amides is 1. The number of nitrogens with one attached hydrogen (secondary N) is 1. The van der Waals surface area contributed by atoms with Crippen molar-refractivity contribution in [3.63, 3.8) is 0 Å². The molecule has 0 radical (unpaired) electrons. The Morgan fingerprint density at radius 1 is 1.12 bits per heavy atom. The number of halogens is 2. The van der Waals surface area contributed by atoms with Crippen molar-refractivity contribution in [1.29, 1.82) is 0 Å². The van der Waals surface area contributed by atoms with Crippen molar-refractivity contribution in [2.45, 2.75) is 19.8 Å². The van der Waals surface area contributed by atoms with Crippen LogP contribution in [-0.4, -0.2) is 22.1 Å². The van der Waals surface area contributed by atoms with Gasteiger partial charge < -0.3 is 20.3 Å². The van der Waals surface area contributed by atoms with Gasteiger partial charge in [-0.15, -0.1) is 0 Å². The van der Waals surface area contributed by atoms with Crippen LogP contribution in [0.5, 0.6) is 17.2 Å². The second-order valence-corrected chi connectivity index (χ2v) is 7.83. The van der Waals surface area contributed by atoms with Crippen LogP contribution in [0.4, 0.5) is 5.69 Å². The van der Waals surface area contributed by atoms with Gasteiger partial charge in [-0.3, -0.25) is 4.79 Å². The molecular weight excluding hydrogens is 552 g/mol. The van der Waals surface area contributed by atoms with Crippen LogP contribution in [0.1, 0.15) is 25.3 Å². The van der Waals surface area contributed by atoms with Crippen molar-refractivity contribution in [3.8, 4) is 17.2 Å². The lowest BCUT2D eigenvalue weighted by atomic mass is 10.0. The van der Waals surface area contributed by atoms with Gasteiger partial charge in [0.1, 0.15) is 11.5 Å². The Kier molecular flexibility index (Phi) is 6.49. The smallest absolute Gasteiger partial charge is 0.394 e. The number of phenols is 1. The molecule has 0 aliphatic carbocycles. The van der Waals surface area contributed by atoms with Gasteiger partial charge in [0, 0.05) is 11.3 Å². The van der Waals surface area contributed by atoms with E-state index in [4.69, 9.17) is 9.84 Å². The van der Waals surface area contributed by atoms with Gasteiger partial charge in [-0.05, 0) is 81.4 Å². The molecule has 0 saturated heterocycles. The van der Waals surface area contributed by atoms with E-state index >= 15 is 0 Å². The van der Waals surface area contributed by atoms with Crippen molar-refractivity contribution in [1.82, 2.24) is 0 Å². The van der Waals surface area contributed by atoms with Crippen LogP contribution in [0.2, 0.25) is 0 Å². The van der Waals surface area contributed by atoms with Crippen LogP contribution in [0.25, 0.3) is 0 Å². The summed E-state index contributed by atoms with van der Waals surface area (Å²) in [5.74, 6) is -1.08. The van der Waals surface area contributed by atoms with Crippen LogP contribution < -0.4 is 10.1 Å². The minimum atomic E-state index is -1.55. The molecule has 6 nitrogen and oxygen atoms in total. The number of phenolic OH excluding ortho intramolecular Hbond substituents is 1. The summed E-state index contributed by atoms with van der Waals surface area (Å²) in [6.45, 7) is 4.00. The highest BCUT2D eigenvalue weighted by atomic mass is 127. The van der Waals surface area contributed by atoms with Crippen molar-refractivity contribution in [2.24, 2.45) is 0 Å². The van der Waals surface area contributed by atoms with E-state index in [1.807, 2.05) is 13.8 Å². The quantitative estimate of drug-likeness (QED) is 0.373. The summed E-state index contributed by atoms with van der Waals surface area (Å²) in [7, 11) is 0. The third kappa shape index (κ3) is 4.97. The summed E-state index contributed by atoms with van der Waals surface area (Å²) >= 11 is 4.12. The SMILES string of the molecule is CC(C)c1cc(O)ccc1Oc1c(I)cc(NC(=O)C(=O)O)cc1I. The van der Waals surface area contributed by atoms with Crippen LogP contribution in [0, 0.1) is 7.14 Å². The lowest BCUT2D eigenvalue weighted by Crippen LogP contribution is -2.21.